The summed E-state index contributed by atoms with van der Waals surface area (Å²) in [5.74, 6) is -0.551. The Kier molecular flexibility index (Phi) is 4.67. The molecule has 0 aliphatic rings. The topological polar surface area (TPSA) is 134 Å². The van der Waals surface area contributed by atoms with Gasteiger partial charge in [-0.1, -0.05) is 6.07 Å². The summed E-state index contributed by atoms with van der Waals surface area (Å²) in [6.07, 6.45) is 1.16. The number of fused-ring (bicyclic) bond motifs is 1. The number of nitrogens with zero attached hydrogens (tertiary/aromatic N) is 1. The van der Waals surface area contributed by atoms with Crippen molar-refractivity contribution in [2.24, 2.45) is 5.10 Å². The molecule has 0 fully saturated rings. The van der Waals surface area contributed by atoms with Gasteiger partial charge >= 0.3 is 5.76 Å². The number of H-pyrrole nitrogens is 1. The van der Waals surface area contributed by atoms with Crippen LogP contribution in [0.4, 0.5) is 0 Å². The van der Waals surface area contributed by atoms with E-state index in [1.54, 1.807) is 25.1 Å². The second kappa shape index (κ2) is 6.92. The SMILES string of the molecule is CCOc1cccc(/C=N/NS(=O)(=O)c2ccc3[nH]c(=O)oc3c2)c1O. The summed E-state index contributed by atoms with van der Waals surface area (Å²) in [7, 11) is -3.98. The molecule has 0 saturated carbocycles. The lowest BCUT2D eigenvalue weighted by Crippen LogP contribution is -2.18. The lowest BCUT2D eigenvalue weighted by Gasteiger charge is -2.07. The Balaban J connectivity index is 1.82. The molecular weight excluding hydrogens is 362 g/mol. The maximum atomic E-state index is 12.3. The maximum absolute atomic E-state index is 12.3. The Morgan fingerprint density at radius 1 is 1.35 bits per heavy atom. The molecule has 1 aromatic heterocycles. The number of sulfonamides is 1. The van der Waals surface area contributed by atoms with Crippen LogP contribution in [0.15, 0.2) is 55.6 Å². The smallest absolute Gasteiger partial charge is 0.417 e. The van der Waals surface area contributed by atoms with Gasteiger partial charge in [0.25, 0.3) is 10.0 Å². The van der Waals surface area contributed by atoms with Gasteiger partial charge in [-0.25, -0.2) is 9.63 Å². The number of oxazole rings is 1. The molecule has 0 spiro atoms. The van der Waals surface area contributed by atoms with E-state index in [-0.39, 0.29) is 27.5 Å². The van der Waals surface area contributed by atoms with Crippen LogP contribution in [0.2, 0.25) is 0 Å². The Morgan fingerprint density at radius 2 is 2.15 bits per heavy atom. The molecule has 2 aromatic carbocycles. The molecule has 1 heterocycles. The van der Waals surface area contributed by atoms with Crippen LogP contribution in [0.1, 0.15) is 12.5 Å². The average Bonchev–Trinajstić information content (AvgIpc) is 2.97. The fraction of sp³-hybridized carbons (Fsp3) is 0.125. The number of hydrogen-bond donors (Lipinski definition) is 3. The highest BCUT2D eigenvalue weighted by molar-refractivity contribution is 7.89. The predicted molar refractivity (Wildman–Crippen MR) is 94.0 cm³/mol. The van der Waals surface area contributed by atoms with Gasteiger partial charge in [-0.2, -0.15) is 13.5 Å². The number of aromatic nitrogens is 1. The predicted octanol–water partition coefficient (Wildman–Crippen LogP) is 1.54. The van der Waals surface area contributed by atoms with Crippen molar-refractivity contribution in [2.45, 2.75) is 11.8 Å². The number of nitrogens with one attached hydrogen (secondary N) is 2. The molecule has 3 aromatic rings. The summed E-state index contributed by atoms with van der Waals surface area (Å²) >= 11 is 0. The minimum absolute atomic E-state index is 0.115. The molecule has 0 atom stereocenters. The van der Waals surface area contributed by atoms with Crippen molar-refractivity contribution in [3.8, 4) is 11.5 Å². The molecule has 136 valence electrons. The first kappa shape index (κ1) is 17.5. The Hall–Kier alpha value is -3.27. The van der Waals surface area contributed by atoms with Crippen molar-refractivity contribution in [2.75, 3.05) is 6.61 Å². The first-order chi connectivity index (χ1) is 12.4. The van der Waals surface area contributed by atoms with Crippen molar-refractivity contribution < 1.29 is 22.7 Å². The highest BCUT2D eigenvalue weighted by atomic mass is 32.2. The van der Waals surface area contributed by atoms with E-state index in [1.165, 1.54) is 18.2 Å². The lowest BCUT2D eigenvalue weighted by atomic mass is 10.2. The van der Waals surface area contributed by atoms with Gasteiger partial charge in [0.2, 0.25) is 0 Å². The fourth-order valence-corrected chi connectivity index (χ4v) is 3.03. The van der Waals surface area contributed by atoms with Gasteiger partial charge in [-0.3, -0.25) is 4.98 Å². The van der Waals surface area contributed by atoms with Crippen molar-refractivity contribution in [1.82, 2.24) is 9.82 Å². The number of aromatic amines is 1. The zero-order valence-corrected chi connectivity index (χ0v) is 14.4. The highest BCUT2D eigenvalue weighted by Gasteiger charge is 2.15. The molecule has 0 amide bonds. The number of phenols is 1. The van der Waals surface area contributed by atoms with Gasteiger partial charge in [0.1, 0.15) is 0 Å². The third kappa shape index (κ3) is 3.54. The van der Waals surface area contributed by atoms with Gasteiger partial charge in [-0.15, -0.1) is 0 Å². The number of hydrazone groups is 1. The van der Waals surface area contributed by atoms with E-state index in [9.17, 15) is 18.3 Å². The molecule has 0 aliphatic carbocycles. The minimum Gasteiger partial charge on any atom is -0.504 e. The normalized spacial score (nSPS) is 11.9. The first-order valence-electron chi connectivity index (χ1n) is 7.53. The van der Waals surface area contributed by atoms with Crippen LogP contribution in [-0.2, 0) is 10.0 Å². The first-order valence-corrected chi connectivity index (χ1v) is 9.01. The lowest BCUT2D eigenvalue weighted by molar-refractivity contribution is 0.318. The Morgan fingerprint density at radius 3 is 2.92 bits per heavy atom. The zero-order valence-electron chi connectivity index (χ0n) is 13.6. The van der Waals surface area contributed by atoms with Crippen LogP contribution >= 0.6 is 0 Å². The second-order valence-corrected chi connectivity index (χ2v) is 6.81. The molecule has 0 bridgehead atoms. The van der Waals surface area contributed by atoms with E-state index >= 15 is 0 Å². The van der Waals surface area contributed by atoms with Gasteiger partial charge < -0.3 is 14.3 Å². The van der Waals surface area contributed by atoms with Crippen LogP contribution < -0.4 is 15.3 Å². The van der Waals surface area contributed by atoms with Gasteiger partial charge in [-0.05, 0) is 31.2 Å². The third-order valence-corrected chi connectivity index (χ3v) is 4.63. The van der Waals surface area contributed by atoms with Crippen LogP contribution in [-0.4, -0.2) is 31.3 Å². The van der Waals surface area contributed by atoms with Crippen molar-refractivity contribution in [3.63, 3.8) is 0 Å². The van der Waals surface area contributed by atoms with E-state index in [2.05, 4.69) is 10.1 Å². The monoisotopic (exact) mass is 377 g/mol. The molecule has 10 heteroatoms. The molecule has 0 saturated heterocycles. The van der Waals surface area contributed by atoms with Crippen LogP contribution in [0.3, 0.4) is 0 Å². The minimum atomic E-state index is -3.98. The van der Waals surface area contributed by atoms with Crippen molar-refractivity contribution in [3.05, 3.63) is 52.5 Å². The van der Waals surface area contributed by atoms with E-state index in [0.717, 1.165) is 6.21 Å². The number of rotatable bonds is 6. The quantitative estimate of drug-likeness (QED) is 0.441. The number of phenolic OH excluding ortho intramolecular Hbond substituents is 1. The summed E-state index contributed by atoms with van der Waals surface area (Å²) in [4.78, 5) is 15.5. The summed E-state index contributed by atoms with van der Waals surface area (Å²) < 4.78 is 34.7. The van der Waals surface area contributed by atoms with Crippen LogP contribution in [0, 0.1) is 0 Å². The number of hydrogen-bond acceptors (Lipinski definition) is 7. The number of ether oxygens (including phenoxy) is 1. The summed E-state index contributed by atoms with van der Waals surface area (Å²) in [6.45, 7) is 2.15. The van der Waals surface area contributed by atoms with Crippen molar-refractivity contribution >= 4 is 27.3 Å². The van der Waals surface area contributed by atoms with Gasteiger partial charge in [0.05, 0.1) is 23.2 Å². The molecule has 26 heavy (non-hydrogen) atoms. The van der Waals surface area contributed by atoms with Gasteiger partial charge in [0, 0.05) is 11.6 Å². The van der Waals surface area contributed by atoms with Gasteiger partial charge in [0.15, 0.2) is 17.1 Å². The molecule has 0 radical (unpaired) electrons. The second-order valence-electron chi connectivity index (χ2n) is 5.15. The fourth-order valence-electron chi connectivity index (χ4n) is 2.23. The highest BCUT2D eigenvalue weighted by Crippen LogP contribution is 2.28. The summed E-state index contributed by atoms with van der Waals surface area (Å²) in [5, 5.41) is 13.7. The van der Waals surface area contributed by atoms with E-state index in [1.807, 2.05) is 4.83 Å². The number of benzene rings is 2. The van der Waals surface area contributed by atoms with Crippen molar-refractivity contribution in [1.29, 1.82) is 0 Å². The number of aromatic hydroxyl groups is 1. The molecule has 0 aliphatic heterocycles. The van der Waals surface area contributed by atoms with E-state index < -0.39 is 15.8 Å². The largest absolute Gasteiger partial charge is 0.504 e. The molecule has 3 N–H and O–H groups in total. The van der Waals surface area contributed by atoms with Crippen LogP contribution in [0.5, 0.6) is 11.5 Å². The third-order valence-electron chi connectivity index (χ3n) is 3.41. The Labute approximate surface area is 148 Å². The molecule has 3 rings (SSSR count). The van der Waals surface area contributed by atoms with E-state index in [4.69, 9.17) is 9.15 Å². The summed E-state index contributed by atoms with van der Waals surface area (Å²) in [6, 6.07) is 8.70. The molecule has 9 nitrogen and oxygen atoms in total. The molecule has 0 unspecified atom stereocenters. The van der Waals surface area contributed by atoms with E-state index in [0.29, 0.717) is 12.1 Å². The Bertz CT molecular complexity index is 1130. The average molecular weight is 377 g/mol. The van der Waals surface area contributed by atoms with Crippen LogP contribution in [0.25, 0.3) is 11.1 Å². The standard InChI is InChI=1S/C16H15N3O6S/c1-2-24-13-5-3-4-10(15(13)20)9-17-19-26(22,23)11-6-7-12-14(8-11)25-16(21)18-12/h3-9,19-20H,2H2,1H3,(H,18,21)/b17-9+. The zero-order chi connectivity index (χ0) is 18.7. The maximum Gasteiger partial charge on any atom is 0.417 e. The number of para-hydroxylation sites is 1. The summed E-state index contributed by atoms with van der Waals surface area (Å²) in [5.41, 5.74) is 0.782. The molecular formula is C16H15N3O6S.